The van der Waals surface area contributed by atoms with Gasteiger partial charge in [0.15, 0.2) is 30.9 Å². The fourth-order valence-corrected chi connectivity index (χ4v) is 15.9. The Morgan fingerprint density at radius 1 is 0.514 bits per heavy atom. The van der Waals surface area contributed by atoms with Crippen molar-refractivity contribution in [3.05, 3.63) is 0 Å². The third kappa shape index (κ3) is 9.26. The van der Waals surface area contributed by atoms with Crippen molar-refractivity contribution in [2.45, 2.75) is 227 Å². The molecule has 4 saturated carbocycles. The van der Waals surface area contributed by atoms with E-state index in [0.717, 1.165) is 51.6 Å². The minimum Gasteiger partial charge on any atom is -0.394 e. The smallest absolute Gasteiger partial charge is 0.187 e. The standard InChI is InChI=1S/C50H82O22/c1-20-7-12-50(64-18-20)21(2)32-28(72-50)14-26-24-6-5-22-13-23(8-10-48(22,3)25(24)9-11-49(26,32)4)65-45-39(61)37(59)41(31(17-53)68-45)69-47-43(36(58)34(56)29(15-51)67-47)71-46-40(62)42(35(57)30(16-52)66-46)70-44-38(60)33(55)27(54)19-63-44/h20-47,51-62H,5-19H2,1-4H3/t20-,21-,22+,23-,24-,25+,26+,27+,28-,29+,30+,31+,32-,33-,34+,35+,36-,37+,38+,39+,40+,41+,42-,43+,44-,45+,46-,47-,48-,49-,50-/m1/s1. The predicted octanol–water partition coefficient (Wildman–Crippen LogP) is -2.27. The maximum absolute atomic E-state index is 11.7. The van der Waals surface area contributed by atoms with Crippen molar-refractivity contribution in [3.8, 4) is 0 Å². The van der Waals surface area contributed by atoms with E-state index >= 15 is 0 Å². The highest BCUT2D eigenvalue weighted by Crippen LogP contribution is 2.71. The Bertz CT molecular complexity index is 1830. The van der Waals surface area contributed by atoms with Crippen molar-refractivity contribution in [2.24, 2.45) is 52.3 Å². The molecule has 0 aromatic heterocycles. The number of ether oxygens (including phenoxy) is 10. The van der Waals surface area contributed by atoms with Crippen LogP contribution in [0.2, 0.25) is 0 Å². The van der Waals surface area contributed by atoms with Gasteiger partial charge in [-0.15, -0.1) is 0 Å². The Labute approximate surface area is 419 Å². The summed E-state index contributed by atoms with van der Waals surface area (Å²) in [7, 11) is 0. The minimum atomic E-state index is -2.00. The summed E-state index contributed by atoms with van der Waals surface area (Å²) in [6, 6.07) is 0. The molecule has 10 fully saturated rings. The van der Waals surface area contributed by atoms with Gasteiger partial charge in [0.25, 0.3) is 0 Å². The SMILES string of the molecule is C[C@@H]1CC[C@@]2(OC1)O[C@@H]1C[C@H]3[C@@H]4CC[C@H]5C[C@H](O[C@H]6O[C@@H](CO)[C@H](O[C@H]7O[C@@H](CO)[C@H](O)[C@@H](O)[C@@H]7O[C@H]7O[C@@H](CO)[C@H](O)[C@@H](O[C@H]8OC[C@H](O)[C@@H](O)[C@@H]8O)[C@@H]7O)[C@@H](O)[C@@H]6O)CC[C@@]5(C)[C@H]4CC[C@@]3(C)[C@@H]1[C@H]2C. The fourth-order valence-electron chi connectivity index (χ4n) is 15.9. The van der Waals surface area contributed by atoms with Crippen LogP contribution >= 0.6 is 0 Å². The highest BCUT2D eigenvalue weighted by molar-refractivity contribution is 5.15. The molecular formula is C50H82O22. The van der Waals surface area contributed by atoms with E-state index in [-0.39, 0.29) is 23.0 Å². The Morgan fingerprint density at radius 3 is 1.85 bits per heavy atom. The first kappa shape index (κ1) is 54.5. The summed E-state index contributed by atoms with van der Waals surface area (Å²) in [4.78, 5) is 0. The van der Waals surface area contributed by atoms with Gasteiger partial charge in [-0.3, -0.25) is 0 Å². The van der Waals surface area contributed by atoms with Gasteiger partial charge in [0.2, 0.25) is 0 Å². The second kappa shape index (κ2) is 21.1. The molecule has 6 aliphatic heterocycles. The van der Waals surface area contributed by atoms with Gasteiger partial charge in [-0.25, -0.2) is 0 Å². The van der Waals surface area contributed by atoms with Crippen molar-refractivity contribution in [3.63, 3.8) is 0 Å². The minimum absolute atomic E-state index is 0.102. The van der Waals surface area contributed by atoms with Gasteiger partial charge in [0.1, 0.15) is 91.6 Å². The summed E-state index contributed by atoms with van der Waals surface area (Å²) >= 11 is 0. The molecule has 31 atom stereocenters. The average Bonchev–Trinajstić information content (AvgIpc) is 3.81. The fraction of sp³-hybridized carbons (Fsp3) is 1.00. The van der Waals surface area contributed by atoms with Crippen LogP contribution in [-0.4, -0.2) is 229 Å². The first-order valence-corrected chi connectivity index (χ1v) is 26.7. The van der Waals surface area contributed by atoms with E-state index in [4.69, 9.17) is 47.4 Å². The second-order valence-electron chi connectivity index (χ2n) is 23.9. The van der Waals surface area contributed by atoms with Crippen LogP contribution in [0.15, 0.2) is 0 Å². The summed E-state index contributed by atoms with van der Waals surface area (Å²) in [5.41, 5.74) is 0.310. The van der Waals surface area contributed by atoms with Crippen LogP contribution in [0.3, 0.4) is 0 Å². The van der Waals surface area contributed by atoms with Gasteiger partial charge < -0.3 is 109 Å². The number of fused-ring (bicyclic) bond motifs is 7. The molecule has 72 heavy (non-hydrogen) atoms. The molecule has 6 heterocycles. The molecule has 0 aromatic carbocycles. The molecule has 4 aliphatic carbocycles. The van der Waals surface area contributed by atoms with Crippen LogP contribution in [0.1, 0.15) is 91.9 Å². The molecule has 22 heteroatoms. The topological polar surface area (TPSA) is 335 Å². The van der Waals surface area contributed by atoms with Crippen LogP contribution in [0, 0.1) is 52.3 Å². The molecule has 10 rings (SSSR count). The molecule has 0 radical (unpaired) electrons. The highest BCUT2D eigenvalue weighted by Gasteiger charge is 2.69. The largest absolute Gasteiger partial charge is 0.394 e. The monoisotopic (exact) mass is 1030 g/mol. The third-order valence-corrected chi connectivity index (χ3v) is 20.0. The van der Waals surface area contributed by atoms with Crippen molar-refractivity contribution >= 4 is 0 Å². The summed E-state index contributed by atoms with van der Waals surface area (Å²) in [6.07, 6.45) is -22.4. The van der Waals surface area contributed by atoms with E-state index in [1.165, 1.54) is 12.8 Å². The first-order chi connectivity index (χ1) is 34.3. The van der Waals surface area contributed by atoms with Crippen LogP contribution in [0.4, 0.5) is 0 Å². The van der Waals surface area contributed by atoms with Gasteiger partial charge in [-0.1, -0.05) is 27.7 Å². The summed E-state index contributed by atoms with van der Waals surface area (Å²) in [5.74, 6) is 3.12. The number of rotatable bonds is 11. The Morgan fingerprint density at radius 2 is 1.14 bits per heavy atom. The zero-order valence-corrected chi connectivity index (χ0v) is 41.7. The Hall–Kier alpha value is -0.880. The molecule has 0 unspecified atom stereocenters. The molecule has 0 amide bonds. The van der Waals surface area contributed by atoms with Crippen molar-refractivity contribution in [1.29, 1.82) is 0 Å². The zero-order valence-electron chi connectivity index (χ0n) is 41.7. The molecule has 6 saturated heterocycles. The van der Waals surface area contributed by atoms with Gasteiger partial charge in [0, 0.05) is 12.3 Å². The van der Waals surface area contributed by atoms with E-state index in [1.807, 2.05) is 0 Å². The molecule has 414 valence electrons. The molecule has 22 nitrogen and oxygen atoms in total. The van der Waals surface area contributed by atoms with Crippen LogP contribution in [0.25, 0.3) is 0 Å². The van der Waals surface area contributed by atoms with E-state index < -0.39 is 149 Å². The zero-order chi connectivity index (χ0) is 51.3. The molecule has 1 spiro atoms. The molecular weight excluding hydrogens is 953 g/mol. The van der Waals surface area contributed by atoms with Crippen LogP contribution in [-0.2, 0) is 47.4 Å². The highest BCUT2D eigenvalue weighted by atomic mass is 16.8. The number of hydrogen-bond acceptors (Lipinski definition) is 22. The van der Waals surface area contributed by atoms with Gasteiger partial charge in [-0.2, -0.15) is 0 Å². The third-order valence-electron chi connectivity index (χ3n) is 20.0. The maximum Gasteiger partial charge on any atom is 0.187 e. The molecule has 10 aliphatic rings. The van der Waals surface area contributed by atoms with Crippen molar-refractivity contribution < 1.29 is 109 Å². The maximum atomic E-state index is 11.7. The normalized spacial score (nSPS) is 57.8. The second-order valence-corrected chi connectivity index (χ2v) is 23.9. The summed E-state index contributed by atoms with van der Waals surface area (Å²) in [6.45, 7) is 7.51. The van der Waals surface area contributed by atoms with Crippen molar-refractivity contribution in [1.82, 2.24) is 0 Å². The molecule has 0 bridgehead atoms. The van der Waals surface area contributed by atoms with Crippen LogP contribution in [0.5, 0.6) is 0 Å². The predicted molar refractivity (Wildman–Crippen MR) is 242 cm³/mol. The lowest BCUT2D eigenvalue weighted by Crippen LogP contribution is -2.67. The lowest BCUT2D eigenvalue weighted by atomic mass is 9.44. The van der Waals surface area contributed by atoms with Gasteiger partial charge >= 0.3 is 0 Å². The van der Waals surface area contributed by atoms with Crippen LogP contribution < -0.4 is 0 Å². The van der Waals surface area contributed by atoms with Crippen molar-refractivity contribution in [2.75, 3.05) is 33.0 Å². The Kier molecular flexibility index (Phi) is 15.9. The van der Waals surface area contributed by atoms with E-state index in [2.05, 4.69) is 27.7 Å². The summed E-state index contributed by atoms with van der Waals surface area (Å²) < 4.78 is 60.6. The number of aliphatic hydroxyl groups is 12. The first-order valence-electron chi connectivity index (χ1n) is 26.7. The van der Waals surface area contributed by atoms with Gasteiger partial charge in [-0.05, 0) is 104 Å². The summed E-state index contributed by atoms with van der Waals surface area (Å²) in [5, 5.41) is 129. The average molecular weight is 1040 g/mol. The molecule has 0 aromatic rings. The lowest BCUT2D eigenvalue weighted by Gasteiger charge is -2.61. The van der Waals surface area contributed by atoms with E-state index in [1.54, 1.807) is 0 Å². The number of hydrogen-bond donors (Lipinski definition) is 12. The molecule has 12 N–H and O–H groups in total. The van der Waals surface area contributed by atoms with E-state index in [0.29, 0.717) is 47.8 Å². The lowest BCUT2D eigenvalue weighted by molar-refractivity contribution is -0.396. The quantitative estimate of drug-likeness (QED) is 0.0971. The van der Waals surface area contributed by atoms with E-state index in [9.17, 15) is 61.3 Å². The van der Waals surface area contributed by atoms with Gasteiger partial charge in [0.05, 0.1) is 45.2 Å². The Balaban J connectivity index is 0.779. The number of aliphatic hydroxyl groups excluding tert-OH is 12.